The first-order valence-electron chi connectivity index (χ1n) is 7.81. The second kappa shape index (κ2) is 5.87. The van der Waals surface area contributed by atoms with E-state index < -0.39 is 5.81 Å². The van der Waals surface area contributed by atoms with Crippen LogP contribution in [0.2, 0.25) is 0 Å². The summed E-state index contributed by atoms with van der Waals surface area (Å²) in [5.41, 5.74) is 9.53. The number of aryl methyl sites for hydroxylation is 1. The third kappa shape index (κ3) is 2.60. The topological polar surface area (TPSA) is 94.3 Å². The average Bonchev–Trinajstić information content (AvgIpc) is 3.29. The van der Waals surface area contributed by atoms with Crippen LogP contribution < -0.4 is 5.73 Å². The molecule has 25 heavy (non-hydrogen) atoms. The Labute approximate surface area is 153 Å². The number of nitrogens with two attached hydrogens (primary N) is 1. The van der Waals surface area contributed by atoms with Gasteiger partial charge in [-0.25, -0.2) is 4.98 Å². The zero-order valence-corrected chi connectivity index (χ0v) is 15.1. The summed E-state index contributed by atoms with van der Waals surface area (Å²) < 4.78 is 4.04. The van der Waals surface area contributed by atoms with Crippen LogP contribution in [-0.4, -0.2) is 56.0 Å². The summed E-state index contributed by atoms with van der Waals surface area (Å²) in [6, 6.07) is 0. The van der Waals surface area contributed by atoms with Gasteiger partial charge in [-0.15, -0.1) is 0 Å². The summed E-state index contributed by atoms with van der Waals surface area (Å²) in [5.74, 6) is 0.145. The van der Waals surface area contributed by atoms with Crippen molar-refractivity contribution in [2.24, 2.45) is 7.05 Å². The zero-order valence-electron chi connectivity index (χ0n) is 13.6. The number of fused-ring (bicyclic) bond motifs is 1. The van der Waals surface area contributed by atoms with Gasteiger partial charge in [0.15, 0.2) is 11.5 Å². The van der Waals surface area contributed by atoms with Crippen molar-refractivity contribution in [2.75, 3.05) is 18.8 Å². The number of nitrogens with zero attached hydrogens (tertiary/aromatic N) is 6. The van der Waals surface area contributed by atoms with Crippen molar-refractivity contribution in [3.05, 3.63) is 28.8 Å². The molecule has 2 radical (unpaired) electrons. The lowest BCUT2D eigenvalue weighted by atomic mass is 10.0. The molecule has 1 unspecified atom stereocenters. The number of rotatable bonds is 2. The van der Waals surface area contributed by atoms with Gasteiger partial charge in [-0.3, -0.25) is 9.48 Å². The van der Waals surface area contributed by atoms with E-state index in [1.165, 1.54) is 0 Å². The quantitative estimate of drug-likeness (QED) is 0.659. The van der Waals surface area contributed by atoms with E-state index in [9.17, 15) is 4.79 Å². The summed E-state index contributed by atoms with van der Waals surface area (Å²) in [5, 5.41) is 8.56. The number of halogens is 1. The van der Waals surface area contributed by atoms with Crippen LogP contribution >= 0.6 is 15.9 Å². The zero-order chi connectivity index (χ0) is 17.7. The second-order valence-corrected chi connectivity index (χ2v) is 6.96. The average molecular weight is 400 g/mol. The van der Waals surface area contributed by atoms with Crippen LogP contribution in [0.3, 0.4) is 0 Å². The van der Waals surface area contributed by atoms with Crippen LogP contribution in [0.15, 0.2) is 23.1 Å². The van der Waals surface area contributed by atoms with Crippen molar-refractivity contribution in [3.63, 3.8) is 0 Å². The molecule has 1 fully saturated rings. The van der Waals surface area contributed by atoms with Gasteiger partial charge >= 0.3 is 0 Å². The van der Waals surface area contributed by atoms with Gasteiger partial charge in [0.05, 0.1) is 22.6 Å². The first-order chi connectivity index (χ1) is 12.0. The van der Waals surface area contributed by atoms with Crippen molar-refractivity contribution < 1.29 is 4.79 Å². The molecule has 0 aromatic carbocycles. The Kier molecular flexibility index (Phi) is 3.79. The third-order valence-electron chi connectivity index (χ3n) is 4.55. The van der Waals surface area contributed by atoms with Crippen molar-refractivity contribution in [3.8, 4) is 11.1 Å². The van der Waals surface area contributed by atoms with Crippen LogP contribution in [0.4, 0.5) is 10.6 Å². The SMILES string of the molecule is [B]C(=O)N1CCC(c2nc3c(-c4cnn(C)c4)cnn3c(N)c2Br)C1. The molecule has 1 aliphatic heterocycles. The molecular formula is C15H15BBrN7O. The van der Waals surface area contributed by atoms with Crippen LogP contribution in [0.5, 0.6) is 0 Å². The summed E-state index contributed by atoms with van der Waals surface area (Å²) in [7, 11) is 7.25. The number of anilines is 1. The van der Waals surface area contributed by atoms with E-state index in [1.807, 2.05) is 13.2 Å². The Morgan fingerprint density at radius 3 is 2.84 bits per heavy atom. The fraction of sp³-hybridized carbons (Fsp3) is 0.333. The maximum atomic E-state index is 11.4. The van der Waals surface area contributed by atoms with Gasteiger partial charge < -0.3 is 10.6 Å². The first-order valence-corrected chi connectivity index (χ1v) is 8.61. The highest BCUT2D eigenvalue weighted by Crippen LogP contribution is 2.36. The van der Waals surface area contributed by atoms with Crippen LogP contribution in [0.1, 0.15) is 18.0 Å². The fourth-order valence-electron chi connectivity index (χ4n) is 3.23. The van der Waals surface area contributed by atoms with Crippen LogP contribution in [0.25, 0.3) is 16.8 Å². The monoisotopic (exact) mass is 399 g/mol. The Morgan fingerprint density at radius 1 is 1.40 bits per heavy atom. The smallest absolute Gasteiger partial charge is 0.200 e. The summed E-state index contributed by atoms with van der Waals surface area (Å²) in [6.07, 6.45) is 6.19. The fourth-order valence-corrected chi connectivity index (χ4v) is 3.81. The van der Waals surface area contributed by atoms with Crippen LogP contribution in [0, 0.1) is 0 Å². The molecule has 4 heterocycles. The number of aromatic nitrogens is 5. The molecular weight excluding hydrogens is 385 g/mol. The summed E-state index contributed by atoms with van der Waals surface area (Å²) in [6.45, 7) is 1.15. The molecule has 0 aliphatic carbocycles. The molecule has 126 valence electrons. The Balaban J connectivity index is 1.83. The number of carbonyl (C=O) groups excluding carboxylic acids is 1. The van der Waals surface area contributed by atoms with Gasteiger partial charge in [-0.2, -0.15) is 14.7 Å². The normalized spacial score (nSPS) is 17.5. The third-order valence-corrected chi connectivity index (χ3v) is 5.36. The summed E-state index contributed by atoms with van der Waals surface area (Å²) in [4.78, 5) is 17.8. The maximum Gasteiger partial charge on any atom is 0.200 e. The predicted octanol–water partition coefficient (Wildman–Crippen LogP) is 1.55. The predicted molar refractivity (Wildman–Crippen MR) is 97.4 cm³/mol. The Hall–Kier alpha value is -2.36. The number of nitrogen functional groups attached to an aromatic ring is 1. The van der Waals surface area contributed by atoms with Gasteiger partial charge in [0.2, 0.25) is 7.85 Å². The van der Waals surface area contributed by atoms with Crippen molar-refractivity contribution in [1.29, 1.82) is 0 Å². The van der Waals surface area contributed by atoms with E-state index in [2.05, 4.69) is 26.1 Å². The van der Waals surface area contributed by atoms with Gasteiger partial charge in [-0.05, 0) is 22.4 Å². The van der Waals surface area contributed by atoms with E-state index >= 15 is 0 Å². The number of hydrogen-bond donors (Lipinski definition) is 1. The molecule has 8 nitrogen and oxygen atoms in total. The highest BCUT2D eigenvalue weighted by molar-refractivity contribution is 9.10. The van der Waals surface area contributed by atoms with E-state index in [0.29, 0.717) is 29.0 Å². The highest BCUT2D eigenvalue weighted by Gasteiger charge is 2.29. The molecule has 1 saturated heterocycles. The molecule has 1 amide bonds. The molecule has 4 rings (SSSR count). The highest BCUT2D eigenvalue weighted by atomic mass is 79.9. The van der Waals surface area contributed by atoms with Gasteiger partial charge in [0.25, 0.3) is 0 Å². The van der Waals surface area contributed by atoms with E-state index in [1.54, 1.807) is 26.5 Å². The molecule has 0 spiro atoms. The second-order valence-electron chi connectivity index (χ2n) is 6.16. The summed E-state index contributed by atoms with van der Waals surface area (Å²) >= 11 is 3.54. The molecule has 0 bridgehead atoms. The molecule has 0 saturated carbocycles. The van der Waals surface area contributed by atoms with Crippen molar-refractivity contribution >= 4 is 41.0 Å². The molecule has 1 aliphatic rings. The van der Waals surface area contributed by atoms with Crippen molar-refractivity contribution in [1.82, 2.24) is 29.3 Å². The number of hydrogen-bond acceptors (Lipinski definition) is 5. The lowest BCUT2D eigenvalue weighted by Gasteiger charge is -2.16. The molecule has 1 atom stereocenters. The Bertz CT molecular complexity index is 982. The number of carbonyl (C=O) groups is 1. The molecule has 10 heteroatoms. The largest absolute Gasteiger partial charge is 0.383 e. The Morgan fingerprint density at radius 2 is 2.20 bits per heavy atom. The first kappa shape index (κ1) is 16.1. The number of likely N-dealkylation sites (tertiary alicyclic amines) is 1. The molecule has 3 aromatic heterocycles. The van der Waals surface area contributed by atoms with E-state index in [-0.39, 0.29) is 5.92 Å². The molecule has 3 aromatic rings. The van der Waals surface area contributed by atoms with Gasteiger partial charge in [0, 0.05) is 43.4 Å². The molecule has 2 N–H and O–H groups in total. The van der Waals surface area contributed by atoms with Crippen LogP contribution in [-0.2, 0) is 7.05 Å². The lowest BCUT2D eigenvalue weighted by Crippen LogP contribution is -2.27. The minimum absolute atomic E-state index is 0.0748. The van der Waals surface area contributed by atoms with Gasteiger partial charge in [0.1, 0.15) is 5.82 Å². The minimum Gasteiger partial charge on any atom is -0.383 e. The standard InChI is InChI=1S/C15H15BBrN7O/c1-22-6-9(4-19-22)10-5-20-24-13(18)11(17)12(21-14(10)24)8-2-3-23(7-8)15(16)25/h4-6,8H,2-3,7,18H2,1H3. The lowest BCUT2D eigenvalue weighted by molar-refractivity contribution is 0.231. The van der Waals surface area contributed by atoms with Crippen molar-refractivity contribution in [2.45, 2.75) is 12.3 Å². The van der Waals surface area contributed by atoms with E-state index in [4.69, 9.17) is 18.6 Å². The van der Waals surface area contributed by atoms with Gasteiger partial charge in [-0.1, -0.05) is 0 Å². The van der Waals surface area contributed by atoms with E-state index in [0.717, 1.165) is 23.2 Å². The number of amides is 1. The minimum atomic E-state index is -0.409. The maximum absolute atomic E-state index is 11.4.